The Bertz CT molecular complexity index is 1270. The lowest BCUT2D eigenvalue weighted by Gasteiger charge is -2.25. The molecule has 7 heteroatoms. The molecule has 3 aromatic carbocycles. The molecule has 0 spiro atoms. The average Bonchev–Trinajstić information content (AvgIpc) is 2.83. The molecule has 0 saturated carbocycles. The van der Waals surface area contributed by atoms with Gasteiger partial charge in [-0.25, -0.2) is 8.42 Å². The maximum Gasteiger partial charge on any atom is 0.264 e. The van der Waals surface area contributed by atoms with Crippen LogP contribution in [0.25, 0.3) is 0 Å². The number of amides is 1. The Morgan fingerprint density at radius 1 is 0.971 bits per heavy atom. The van der Waals surface area contributed by atoms with Crippen LogP contribution in [0.1, 0.15) is 48.1 Å². The van der Waals surface area contributed by atoms with E-state index in [0.29, 0.717) is 10.7 Å². The quantitative estimate of drug-likeness (QED) is 0.463. The topological polar surface area (TPSA) is 66.5 Å². The van der Waals surface area contributed by atoms with E-state index in [2.05, 4.69) is 23.5 Å². The highest BCUT2D eigenvalue weighted by Gasteiger charge is 2.28. The van der Waals surface area contributed by atoms with Crippen molar-refractivity contribution in [1.82, 2.24) is 5.32 Å². The zero-order valence-corrected chi connectivity index (χ0v) is 21.0. The number of hydrogen-bond acceptors (Lipinski definition) is 3. The second kappa shape index (κ2) is 10.2. The SMILES string of the molecule is Cc1ccc(N(CC(=O)N[C@H](C)c2ccc3c(c2)CCCC3)S(=O)(=O)c2ccc(Cl)cc2)cc1. The molecule has 178 valence electrons. The minimum atomic E-state index is -3.98. The van der Waals surface area contributed by atoms with Crippen LogP contribution in [-0.4, -0.2) is 20.9 Å². The third kappa shape index (κ3) is 5.45. The van der Waals surface area contributed by atoms with Crippen LogP contribution >= 0.6 is 11.6 Å². The second-order valence-corrected chi connectivity index (χ2v) is 11.1. The molecule has 5 nitrogen and oxygen atoms in total. The molecule has 0 unspecified atom stereocenters. The molecule has 4 rings (SSSR count). The van der Waals surface area contributed by atoms with E-state index in [1.165, 1.54) is 48.2 Å². The number of nitrogens with zero attached hydrogens (tertiary/aromatic N) is 1. The van der Waals surface area contributed by atoms with Crippen LogP contribution in [0.5, 0.6) is 0 Å². The van der Waals surface area contributed by atoms with Crippen LogP contribution in [0.4, 0.5) is 5.69 Å². The summed E-state index contributed by atoms with van der Waals surface area (Å²) in [6, 6.07) is 19.2. The van der Waals surface area contributed by atoms with E-state index in [-0.39, 0.29) is 23.4 Å². The third-order valence-electron chi connectivity index (χ3n) is 6.26. The predicted molar refractivity (Wildman–Crippen MR) is 137 cm³/mol. The molecule has 0 fully saturated rings. The first-order valence-electron chi connectivity index (χ1n) is 11.5. The van der Waals surface area contributed by atoms with Crippen molar-refractivity contribution in [2.45, 2.75) is 50.5 Å². The molecule has 0 radical (unpaired) electrons. The van der Waals surface area contributed by atoms with Gasteiger partial charge in [-0.1, -0.05) is 47.5 Å². The van der Waals surface area contributed by atoms with Gasteiger partial charge in [-0.3, -0.25) is 9.10 Å². The smallest absolute Gasteiger partial charge is 0.264 e. The first-order chi connectivity index (χ1) is 16.2. The maximum atomic E-state index is 13.5. The van der Waals surface area contributed by atoms with Crippen LogP contribution in [0.3, 0.4) is 0 Å². The summed E-state index contributed by atoms with van der Waals surface area (Å²) in [4.78, 5) is 13.1. The Hall–Kier alpha value is -2.83. The summed E-state index contributed by atoms with van der Waals surface area (Å²) in [7, 11) is -3.98. The lowest BCUT2D eigenvalue weighted by Crippen LogP contribution is -2.41. The first kappa shape index (κ1) is 24.3. The van der Waals surface area contributed by atoms with E-state index in [9.17, 15) is 13.2 Å². The number of hydrogen-bond donors (Lipinski definition) is 1. The highest BCUT2D eigenvalue weighted by Crippen LogP contribution is 2.27. The molecule has 1 amide bonds. The summed E-state index contributed by atoms with van der Waals surface area (Å²) in [5.74, 6) is -0.372. The zero-order chi connectivity index (χ0) is 24.3. The van der Waals surface area contributed by atoms with Crippen molar-refractivity contribution in [2.24, 2.45) is 0 Å². The number of sulfonamides is 1. The van der Waals surface area contributed by atoms with Crippen LogP contribution in [-0.2, 0) is 27.7 Å². The van der Waals surface area contributed by atoms with Gasteiger partial charge in [0, 0.05) is 5.02 Å². The van der Waals surface area contributed by atoms with E-state index in [0.717, 1.165) is 28.3 Å². The zero-order valence-electron chi connectivity index (χ0n) is 19.4. The van der Waals surface area contributed by atoms with E-state index >= 15 is 0 Å². The fourth-order valence-electron chi connectivity index (χ4n) is 4.28. The molecule has 0 aromatic heterocycles. The molecule has 1 atom stereocenters. The van der Waals surface area contributed by atoms with Gasteiger partial charge >= 0.3 is 0 Å². The van der Waals surface area contributed by atoms with Crippen molar-refractivity contribution < 1.29 is 13.2 Å². The number of benzene rings is 3. The largest absolute Gasteiger partial charge is 0.348 e. The second-order valence-electron chi connectivity index (χ2n) is 8.83. The van der Waals surface area contributed by atoms with Crippen molar-refractivity contribution in [3.63, 3.8) is 0 Å². The number of fused-ring (bicyclic) bond motifs is 1. The van der Waals surface area contributed by atoms with Crippen LogP contribution in [0, 0.1) is 6.92 Å². The van der Waals surface area contributed by atoms with E-state index in [4.69, 9.17) is 11.6 Å². The van der Waals surface area contributed by atoms with Crippen molar-refractivity contribution in [1.29, 1.82) is 0 Å². The highest BCUT2D eigenvalue weighted by molar-refractivity contribution is 7.92. The number of halogens is 1. The molecule has 3 aromatic rings. The fraction of sp³-hybridized carbons (Fsp3) is 0.296. The molecular formula is C27H29ClN2O3S. The first-order valence-corrected chi connectivity index (χ1v) is 13.3. The van der Waals surface area contributed by atoms with Gasteiger partial charge in [0.1, 0.15) is 6.54 Å². The Labute approximate surface area is 206 Å². The van der Waals surface area contributed by atoms with Gasteiger partial charge in [0.25, 0.3) is 10.0 Å². The summed E-state index contributed by atoms with van der Waals surface area (Å²) in [6.45, 7) is 3.52. The number of carbonyl (C=O) groups excluding carboxylic acids is 1. The summed E-state index contributed by atoms with van der Waals surface area (Å²) in [5, 5.41) is 3.42. The number of anilines is 1. The average molecular weight is 497 g/mol. The van der Waals surface area contributed by atoms with Crippen LogP contribution in [0.2, 0.25) is 5.02 Å². The molecule has 1 aliphatic carbocycles. The van der Waals surface area contributed by atoms with Gasteiger partial charge in [-0.15, -0.1) is 0 Å². The predicted octanol–water partition coefficient (Wildman–Crippen LogP) is 5.60. The van der Waals surface area contributed by atoms with Crippen molar-refractivity contribution in [3.8, 4) is 0 Å². The molecule has 1 aliphatic rings. The Morgan fingerprint density at radius 2 is 1.62 bits per heavy atom. The standard InChI is InChI=1S/C27H29ClN2O3S/c1-19-7-13-25(14-8-19)30(34(32,33)26-15-11-24(28)12-16-26)18-27(31)29-20(2)22-10-9-21-5-3-4-6-23(21)17-22/h7-17,20H,3-6,18H2,1-2H3,(H,29,31)/t20-/m1/s1. The molecule has 0 saturated heterocycles. The van der Waals surface area contributed by atoms with Crippen molar-refractivity contribution >= 4 is 33.2 Å². The summed E-state index contributed by atoms with van der Waals surface area (Å²) < 4.78 is 28.1. The molecule has 0 heterocycles. The van der Waals surface area contributed by atoms with Crippen molar-refractivity contribution in [3.05, 3.63) is 94.0 Å². The number of aryl methyl sites for hydroxylation is 3. The normalized spacial score (nSPS) is 14.2. The lowest BCUT2D eigenvalue weighted by molar-refractivity contribution is -0.120. The fourth-order valence-corrected chi connectivity index (χ4v) is 5.83. The molecular weight excluding hydrogens is 468 g/mol. The Morgan fingerprint density at radius 3 is 2.29 bits per heavy atom. The maximum absolute atomic E-state index is 13.5. The van der Waals surface area contributed by atoms with Crippen LogP contribution in [0.15, 0.2) is 71.6 Å². The minimum Gasteiger partial charge on any atom is -0.348 e. The van der Waals surface area contributed by atoms with Gasteiger partial charge in [0.2, 0.25) is 5.91 Å². The van der Waals surface area contributed by atoms with Crippen molar-refractivity contribution in [2.75, 3.05) is 10.8 Å². The van der Waals surface area contributed by atoms with E-state index < -0.39 is 10.0 Å². The van der Waals surface area contributed by atoms with Gasteiger partial charge in [-0.2, -0.15) is 0 Å². The number of rotatable bonds is 7. The molecule has 1 N–H and O–H groups in total. The summed E-state index contributed by atoms with van der Waals surface area (Å²) >= 11 is 5.95. The molecule has 0 aliphatic heterocycles. The van der Waals surface area contributed by atoms with Gasteiger partial charge < -0.3 is 5.32 Å². The summed E-state index contributed by atoms with van der Waals surface area (Å²) in [5.41, 5.74) is 5.18. The lowest BCUT2D eigenvalue weighted by atomic mass is 9.89. The van der Waals surface area contributed by atoms with Gasteiger partial charge in [0.15, 0.2) is 0 Å². The number of nitrogens with one attached hydrogen (secondary N) is 1. The Kier molecular flexibility index (Phi) is 7.29. The van der Waals surface area contributed by atoms with E-state index in [1.54, 1.807) is 12.1 Å². The van der Waals surface area contributed by atoms with Gasteiger partial charge in [-0.05, 0) is 92.6 Å². The third-order valence-corrected chi connectivity index (χ3v) is 8.30. The summed E-state index contributed by atoms with van der Waals surface area (Å²) in [6.07, 6.45) is 4.57. The number of carbonyl (C=O) groups is 1. The van der Waals surface area contributed by atoms with Crippen LogP contribution < -0.4 is 9.62 Å². The van der Waals surface area contributed by atoms with Gasteiger partial charge in [0.05, 0.1) is 16.6 Å². The minimum absolute atomic E-state index is 0.0769. The monoisotopic (exact) mass is 496 g/mol. The van der Waals surface area contributed by atoms with E-state index in [1.807, 2.05) is 26.0 Å². The molecule has 0 bridgehead atoms. The highest BCUT2D eigenvalue weighted by atomic mass is 35.5. The Balaban J connectivity index is 1.56. The molecule has 34 heavy (non-hydrogen) atoms.